The summed E-state index contributed by atoms with van der Waals surface area (Å²) in [4.78, 5) is 18.7. The second-order valence-electron chi connectivity index (χ2n) is 2.39. The third-order valence-electron chi connectivity index (χ3n) is 1.62. The Morgan fingerprint density at radius 1 is 1.00 bits per heavy atom. The lowest BCUT2D eigenvalue weighted by Crippen LogP contribution is -2.08. The number of fused-ring (bicyclic) bond motifs is 1. The van der Waals surface area contributed by atoms with Crippen molar-refractivity contribution in [3.63, 3.8) is 0 Å². The molecule has 0 bridgehead atoms. The topological polar surface area (TPSA) is 42.9 Å². The van der Waals surface area contributed by atoms with E-state index < -0.39 is 0 Å². The highest BCUT2D eigenvalue weighted by Crippen LogP contribution is 2.09. The van der Waals surface area contributed by atoms with Crippen molar-refractivity contribution in [3.8, 4) is 11.3 Å². The maximum Gasteiger partial charge on any atom is 0.280 e. The highest BCUT2D eigenvalue weighted by Gasteiger charge is 2.02. The minimum Gasteiger partial charge on any atom is -0.267 e. The summed E-state index contributed by atoms with van der Waals surface area (Å²) in [5, 5.41) is 0. The molecule has 0 aromatic rings. The van der Waals surface area contributed by atoms with Gasteiger partial charge in [0.2, 0.25) is 0 Å². The first-order chi connectivity index (χ1) is 5.88. The molecule has 0 radical (unpaired) electrons. The molecule has 12 heavy (non-hydrogen) atoms. The Bertz CT molecular complexity index is 428. The van der Waals surface area contributed by atoms with Crippen molar-refractivity contribution in [3.05, 3.63) is 47.0 Å². The Hall–Kier alpha value is -1.77. The minimum absolute atomic E-state index is 0.226. The van der Waals surface area contributed by atoms with Crippen molar-refractivity contribution in [2.24, 2.45) is 0 Å². The van der Waals surface area contributed by atoms with Gasteiger partial charge in [-0.2, -0.15) is 4.98 Å². The average Bonchev–Trinajstić information content (AvgIpc) is 2.30. The van der Waals surface area contributed by atoms with Gasteiger partial charge in [0.15, 0.2) is 0 Å². The summed E-state index contributed by atoms with van der Waals surface area (Å²) in [6.07, 6.45) is 1.28. The molecule has 0 amide bonds. The standard InChI is InChI=1S/C9H6N2O/c12-9-7-4-2-1-3-5-8(7)10-6-11-9/h1-6H. The van der Waals surface area contributed by atoms with Gasteiger partial charge in [-0.3, -0.25) is 4.79 Å². The fourth-order valence-corrected chi connectivity index (χ4v) is 1.04. The van der Waals surface area contributed by atoms with Crippen LogP contribution in [0.1, 0.15) is 0 Å². The molecule has 0 unspecified atom stereocenters. The van der Waals surface area contributed by atoms with E-state index >= 15 is 0 Å². The maximum absolute atomic E-state index is 11.2. The number of nitrogens with zero attached hydrogens (tertiary/aromatic N) is 2. The average molecular weight is 158 g/mol. The van der Waals surface area contributed by atoms with Crippen LogP contribution < -0.4 is 5.56 Å². The summed E-state index contributed by atoms with van der Waals surface area (Å²) >= 11 is 0. The number of hydrogen-bond acceptors (Lipinski definition) is 3. The molecule has 0 aromatic heterocycles. The predicted molar refractivity (Wildman–Crippen MR) is 44.9 cm³/mol. The van der Waals surface area contributed by atoms with Gasteiger partial charge in [-0.1, -0.05) is 18.2 Å². The molecule has 3 nitrogen and oxygen atoms in total. The molecule has 0 spiro atoms. The van der Waals surface area contributed by atoms with Crippen molar-refractivity contribution >= 4 is 0 Å². The summed E-state index contributed by atoms with van der Waals surface area (Å²) in [5.41, 5.74) is 1.01. The molecule has 58 valence electrons. The van der Waals surface area contributed by atoms with Crippen LogP contribution in [0.4, 0.5) is 0 Å². The summed E-state index contributed by atoms with van der Waals surface area (Å²) in [7, 11) is 0. The Kier molecular flexibility index (Phi) is 1.55. The smallest absolute Gasteiger partial charge is 0.267 e. The van der Waals surface area contributed by atoms with E-state index in [0.717, 1.165) is 0 Å². The van der Waals surface area contributed by atoms with Crippen LogP contribution in [0.25, 0.3) is 11.3 Å². The van der Waals surface area contributed by atoms with Crippen LogP contribution in [0.15, 0.2) is 41.5 Å². The summed E-state index contributed by atoms with van der Waals surface area (Å²) in [6.45, 7) is 0. The van der Waals surface area contributed by atoms with Gasteiger partial charge in [0, 0.05) is 0 Å². The van der Waals surface area contributed by atoms with E-state index in [0.29, 0.717) is 11.3 Å². The van der Waals surface area contributed by atoms with Gasteiger partial charge in [-0.25, -0.2) is 4.98 Å². The van der Waals surface area contributed by atoms with Crippen LogP contribution in [0, 0.1) is 0 Å². The first-order valence-electron chi connectivity index (χ1n) is 3.58. The van der Waals surface area contributed by atoms with E-state index in [4.69, 9.17) is 0 Å². The first-order valence-corrected chi connectivity index (χ1v) is 3.58. The Morgan fingerprint density at radius 2 is 1.83 bits per heavy atom. The molecular weight excluding hydrogens is 152 g/mol. The second-order valence-corrected chi connectivity index (χ2v) is 2.39. The van der Waals surface area contributed by atoms with E-state index in [2.05, 4.69) is 9.97 Å². The maximum atomic E-state index is 11.2. The Balaban J connectivity index is 2.88. The molecule has 0 N–H and O–H groups in total. The lowest BCUT2D eigenvalue weighted by Gasteiger charge is -1.93. The summed E-state index contributed by atoms with van der Waals surface area (Å²) in [6, 6.07) is 9.00. The molecule has 1 aliphatic carbocycles. The molecule has 3 heteroatoms. The Morgan fingerprint density at radius 3 is 2.75 bits per heavy atom. The van der Waals surface area contributed by atoms with Crippen LogP contribution in [0.5, 0.6) is 0 Å². The van der Waals surface area contributed by atoms with E-state index in [1.807, 2.05) is 12.1 Å². The fraction of sp³-hybridized carbons (Fsp3) is 0. The SMILES string of the molecule is O=c1ncnc2cccccc1-2. The van der Waals surface area contributed by atoms with Crippen molar-refractivity contribution < 1.29 is 0 Å². The van der Waals surface area contributed by atoms with Crippen LogP contribution in [-0.4, -0.2) is 9.97 Å². The Labute approximate surface area is 69.1 Å². The normalized spacial score (nSPS) is 10.0. The van der Waals surface area contributed by atoms with Crippen molar-refractivity contribution in [1.82, 2.24) is 9.97 Å². The molecule has 0 atom stereocenters. The van der Waals surface area contributed by atoms with Gasteiger partial charge in [0.25, 0.3) is 5.56 Å². The molecule has 2 rings (SSSR count). The van der Waals surface area contributed by atoms with Crippen LogP contribution in [0.3, 0.4) is 0 Å². The predicted octanol–water partition coefficient (Wildman–Crippen LogP) is 0.942. The third kappa shape index (κ3) is 1.05. The van der Waals surface area contributed by atoms with Gasteiger partial charge in [0.05, 0.1) is 11.3 Å². The molecule has 0 fully saturated rings. The van der Waals surface area contributed by atoms with Gasteiger partial charge in [0.1, 0.15) is 6.33 Å². The van der Waals surface area contributed by atoms with E-state index in [9.17, 15) is 4.79 Å². The molecule has 0 saturated heterocycles. The quantitative estimate of drug-likeness (QED) is 0.573. The number of hydrogen-bond donors (Lipinski definition) is 0. The number of aromatic nitrogens is 2. The van der Waals surface area contributed by atoms with Crippen LogP contribution in [-0.2, 0) is 0 Å². The molecular formula is C9H6N2O. The molecule has 0 saturated carbocycles. The lowest BCUT2D eigenvalue weighted by atomic mass is 10.2. The lowest BCUT2D eigenvalue weighted by molar-refractivity contribution is 1.12. The van der Waals surface area contributed by atoms with Gasteiger partial charge in [-0.05, 0) is 12.1 Å². The molecule has 1 heterocycles. The monoisotopic (exact) mass is 158 g/mol. The second kappa shape index (κ2) is 2.70. The highest BCUT2D eigenvalue weighted by atomic mass is 16.1. The third-order valence-corrected chi connectivity index (χ3v) is 1.62. The van der Waals surface area contributed by atoms with Gasteiger partial charge >= 0.3 is 0 Å². The van der Waals surface area contributed by atoms with Gasteiger partial charge in [-0.15, -0.1) is 0 Å². The number of rotatable bonds is 0. The van der Waals surface area contributed by atoms with Crippen molar-refractivity contribution in [2.45, 2.75) is 0 Å². The summed E-state index contributed by atoms with van der Waals surface area (Å²) < 4.78 is 0. The van der Waals surface area contributed by atoms with E-state index in [1.54, 1.807) is 18.2 Å². The highest BCUT2D eigenvalue weighted by molar-refractivity contribution is 5.57. The van der Waals surface area contributed by atoms with E-state index in [-0.39, 0.29) is 5.56 Å². The molecule has 0 aromatic carbocycles. The first kappa shape index (κ1) is 6.91. The zero-order chi connectivity index (χ0) is 8.39. The van der Waals surface area contributed by atoms with Crippen LogP contribution in [0.2, 0.25) is 0 Å². The fourth-order valence-electron chi connectivity index (χ4n) is 1.04. The van der Waals surface area contributed by atoms with Crippen molar-refractivity contribution in [2.75, 3.05) is 0 Å². The van der Waals surface area contributed by atoms with Gasteiger partial charge < -0.3 is 0 Å². The van der Waals surface area contributed by atoms with Crippen LogP contribution >= 0.6 is 0 Å². The zero-order valence-corrected chi connectivity index (χ0v) is 6.27. The summed E-state index contributed by atoms with van der Waals surface area (Å²) in [5.74, 6) is 0. The van der Waals surface area contributed by atoms with E-state index in [1.165, 1.54) is 6.33 Å². The van der Waals surface area contributed by atoms with Crippen molar-refractivity contribution in [1.29, 1.82) is 0 Å². The molecule has 2 aliphatic rings. The minimum atomic E-state index is -0.226. The zero-order valence-electron chi connectivity index (χ0n) is 6.27. The molecule has 1 aliphatic heterocycles. The largest absolute Gasteiger partial charge is 0.280 e.